The van der Waals surface area contributed by atoms with Crippen LogP contribution in [0.1, 0.15) is 33.3 Å². The van der Waals surface area contributed by atoms with Gasteiger partial charge in [-0.25, -0.2) is 4.79 Å². The Morgan fingerprint density at radius 3 is 2.68 bits per heavy atom. The summed E-state index contributed by atoms with van der Waals surface area (Å²) in [6.45, 7) is 13.6. The van der Waals surface area contributed by atoms with E-state index in [1.54, 1.807) is 0 Å². The highest BCUT2D eigenvalue weighted by atomic mass is 79.9. The first-order chi connectivity index (χ1) is 11.7. The second kappa shape index (κ2) is 8.41. The molecule has 1 aliphatic rings. The Labute approximate surface area is 159 Å². The largest absolute Gasteiger partial charge is 0.491 e. The summed E-state index contributed by atoms with van der Waals surface area (Å²) in [6.07, 6.45) is -0.223. The van der Waals surface area contributed by atoms with Crippen LogP contribution in [0.4, 0.5) is 4.79 Å². The fourth-order valence-electron chi connectivity index (χ4n) is 2.83. The van der Waals surface area contributed by atoms with Crippen LogP contribution in [0.3, 0.4) is 0 Å². The van der Waals surface area contributed by atoms with Crippen LogP contribution < -0.4 is 4.74 Å². The Hall–Kier alpha value is -1.27. The van der Waals surface area contributed by atoms with E-state index in [0.29, 0.717) is 13.2 Å². The smallest absolute Gasteiger partial charge is 0.410 e. The Morgan fingerprint density at radius 2 is 2.04 bits per heavy atom. The molecule has 0 aromatic heterocycles. The standard InChI is InChI=1S/C19H29BrN2O3/c1-14-6-7-16(20)17(12-14)24-11-10-21-8-9-22(15(2)13-21)18(23)25-19(3,4)5/h6-7,12,15H,8-11,13H2,1-5H3/t15-/m0/s1. The Kier molecular flexibility index (Phi) is 6.74. The maximum absolute atomic E-state index is 12.3. The lowest BCUT2D eigenvalue weighted by atomic mass is 10.2. The van der Waals surface area contributed by atoms with Crippen LogP contribution in [0.15, 0.2) is 22.7 Å². The zero-order chi connectivity index (χ0) is 18.6. The number of ether oxygens (including phenoxy) is 2. The van der Waals surface area contributed by atoms with Gasteiger partial charge in [0.15, 0.2) is 0 Å². The molecule has 1 heterocycles. The molecule has 1 aromatic carbocycles. The molecule has 0 saturated carbocycles. The first-order valence-electron chi connectivity index (χ1n) is 8.76. The van der Waals surface area contributed by atoms with Gasteiger partial charge in [0.1, 0.15) is 18.0 Å². The van der Waals surface area contributed by atoms with Crippen LogP contribution in [0, 0.1) is 6.92 Å². The summed E-state index contributed by atoms with van der Waals surface area (Å²) in [4.78, 5) is 16.4. The van der Waals surface area contributed by atoms with Crippen molar-refractivity contribution in [3.05, 3.63) is 28.2 Å². The third-order valence-electron chi connectivity index (χ3n) is 4.09. The van der Waals surface area contributed by atoms with Gasteiger partial charge in [-0.05, 0) is 68.2 Å². The third-order valence-corrected chi connectivity index (χ3v) is 4.75. The van der Waals surface area contributed by atoms with Crippen LogP contribution >= 0.6 is 15.9 Å². The molecule has 2 rings (SSSR count). The van der Waals surface area contributed by atoms with Gasteiger partial charge in [-0.3, -0.25) is 4.90 Å². The van der Waals surface area contributed by atoms with E-state index in [1.807, 2.05) is 37.8 Å². The van der Waals surface area contributed by atoms with E-state index < -0.39 is 5.60 Å². The van der Waals surface area contributed by atoms with Gasteiger partial charge in [0.25, 0.3) is 0 Å². The van der Waals surface area contributed by atoms with Gasteiger partial charge in [0.2, 0.25) is 0 Å². The molecule has 25 heavy (non-hydrogen) atoms. The van der Waals surface area contributed by atoms with E-state index in [-0.39, 0.29) is 12.1 Å². The Bertz CT molecular complexity index is 601. The molecule has 1 fully saturated rings. The molecule has 0 radical (unpaired) electrons. The van der Waals surface area contributed by atoms with Crippen LogP contribution in [0.5, 0.6) is 5.75 Å². The first kappa shape index (κ1) is 20.0. The molecule has 140 valence electrons. The quantitative estimate of drug-likeness (QED) is 0.746. The number of rotatable bonds is 4. The van der Waals surface area contributed by atoms with Crippen molar-refractivity contribution in [3.63, 3.8) is 0 Å². The lowest BCUT2D eigenvalue weighted by molar-refractivity contribution is 0.000353. The number of nitrogens with zero attached hydrogens (tertiary/aromatic N) is 2. The highest BCUT2D eigenvalue weighted by Crippen LogP contribution is 2.25. The summed E-state index contributed by atoms with van der Waals surface area (Å²) in [6, 6.07) is 6.22. The van der Waals surface area contributed by atoms with E-state index in [4.69, 9.17) is 9.47 Å². The van der Waals surface area contributed by atoms with Gasteiger partial charge in [0, 0.05) is 32.2 Å². The number of benzene rings is 1. The molecule has 1 saturated heterocycles. The van der Waals surface area contributed by atoms with Crippen LogP contribution in [-0.2, 0) is 4.74 Å². The van der Waals surface area contributed by atoms with E-state index in [2.05, 4.69) is 40.7 Å². The highest BCUT2D eigenvalue weighted by molar-refractivity contribution is 9.10. The molecule has 1 atom stereocenters. The number of carbonyl (C=O) groups is 1. The van der Waals surface area contributed by atoms with Crippen molar-refractivity contribution < 1.29 is 14.3 Å². The third kappa shape index (κ3) is 6.19. The van der Waals surface area contributed by atoms with Crippen LogP contribution in [0.2, 0.25) is 0 Å². The summed E-state index contributed by atoms with van der Waals surface area (Å²) in [5.41, 5.74) is 0.723. The summed E-state index contributed by atoms with van der Waals surface area (Å²) in [5.74, 6) is 0.875. The first-order valence-corrected chi connectivity index (χ1v) is 9.56. The number of carbonyl (C=O) groups excluding carboxylic acids is 1. The Morgan fingerprint density at radius 1 is 1.32 bits per heavy atom. The monoisotopic (exact) mass is 412 g/mol. The van der Waals surface area contributed by atoms with Crippen molar-refractivity contribution in [2.75, 3.05) is 32.8 Å². The maximum atomic E-state index is 12.3. The van der Waals surface area contributed by atoms with Crippen molar-refractivity contribution >= 4 is 22.0 Å². The average molecular weight is 413 g/mol. The molecule has 0 bridgehead atoms. The summed E-state index contributed by atoms with van der Waals surface area (Å²) < 4.78 is 12.4. The summed E-state index contributed by atoms with van der Waals surface area (Å²) >= 11 is 3.52. The normalized spacial score (nSPS) is 19.0. The van der Waals surface area contributed by atoms with Crippen molar-refractivity contribution in [1.82, 2.24) is 9.80 Å². The van der Waals surface area contributed by atoms with Gasteiger partial charge < -0.3 is 14.4 Å². The average Bonchev–Trinajstić information content (AvgIpc) is 2.49. The van der Waals surface area contributed by atoms with Crippen molar-refractivity contribution in [2.45, 2.75) is 46.3 Å². The van der Waals surface area contributed by atoms with E-state index in [9.17, 15) is 4.79 Å². The molecule has 1 aliphatic heterocycles. The van der Waals surface area contributed by atoms with Gasteiger partial charge in [-0.2, -0.15) is 0 Å². The highest BCUT2D eigenvalue weighted by Gasteiger charge is 2.30. The number of halogens is 1. The number of aryl methyl sites for hydroxylation is 1. The van der Waals surface area contributed by atoms with Gasteiger partial charge in [-0.15, -0.1) is 0 Å². The van der Waals surface area contributed by atoms with Gasteiger partial charge in [0.05, 0.1) is 4.47 Å². The number of hydrogen-bond acceptors (Lipinski definition) is 4. The number of amides is 1. The molecule has 1 amide bonds. The molecule has 1 aromatic rings. The van der Waals surface area contributed by atoms with Crippen LogP contribution in [-0.4, -0.2) is 60.3 Å². The lowest BCUT2D eigenvalue weighted by Crippen LogP contribution is -2.55. The summed E-state index contributed by atoms with van der Waals surface area (Å²) in [5, 5.41) is 0. The number of piperazine rings is 1. The molecular formula is C19H29BrN2O3. The van der Waals surface area contributed by atoms with Crippen LogP contribution in [0.25, 0.3) is 0 Å². The minimum absolute atomic E-state index is 0.134. The topological polar surface area (TPSA) is 42.0 Å². The SMILES string of the molecule is Cc1ccc(Br)c(OCCN2CCN(C(=O)OC(C)(C)C)[C@@H](C)C2)c1. The fraction of sp³-hybridized carbons (Fsp3) is 0.632. The van der Waals surface area contributed by atoms with E-state index in [1.165, 1.54) is 5.56 Å². The second-order valence-electron chi connectivity index (χ2n) is 7.61. The van der Waals surface area contributed by atoms with Crippen molar-refractivity contribution in [3.8, 4) is 5.75 Å². The molecule has 0 spiro atoms. The minimum atomic E-state index is -0.455. The zero-order valence-electron chi connectivity index (χ0n) is 15.8. The molecular weight excluding hydrogens is 384 g/mol. The second-order valence-corrected chi connectivity index (χ2v) is 8.46. The fourth-order valence-corrected chi connectivity index (χ4v) is 3.19. The summed E-state index contributed by atoms with van der Waals surface area (Å²) in [7, 11) is 0. The van der Waals surface area contributed by atoms with E-state index >= 15 is 0 Å². The molecule has 0 unspecified atom stereocenters. The van der Waals surface area contributed by atoms with Gasteiger partial charge in [-0.1, -0.05) is 6.07 Å². The maximum Gasteiger partial charge on any atom is 0.410 e. The molecule has 0 N–H and O–H groups in total. The zero-order valence-corrected chi connectivity index (χ0v) is 17.4. The predicted molar refractivity (Wildman–Crippen MR) is 103 cm³/mol. The number of hydrogen-bond donors (Lipinski definition) is 0. The molecule has 6 heteroatoms. The van der Waals surface area contributed by atoms with Crippen molar-refractivity contribution in [1.29, 1.82) is 0 Å². The molecule has 0 aliphatic carbocycles. The Balaban J connectivity index is 1.79. The van der Waals surface area contributed by atoms with Crippen molar-refractivity contribution in [2.24, 2.45) is 0 Å². The minimum Gasteiger partial charge on any atom is -0.491 e. The lowest BCUT2D eigenvalue weighted by Gasteiger charge is -2.40. The van der Waals surface area contributed by atoms with Gasteiger partial charge >= 0.3 is 6.09 Å². The van der Waals surface area contributed by atoms with E-state index in [0.717, 1.165) is 29.9 Å². The predicted octanol–water partition coefficient (Wildman–Crippen LogP) is 4.08. The molecule has 5 nitrogen and oxygen atoms in total.